The van der Waals surface area contributed by atoms with Crippen LogP contribution in [-0.2, 0) is 10.8 Å². The first-order valence-corrected chi connectivity index (χ1v) is 12.9. The molecule has 2 aliphatic carbocycles. The highest BCUT2D eigenvalue weighted by Crippen LogP contribution is 2.38. The summed E-state index contributed by atoms with van der Waals surface area (Å²) in [6.07, 6.45) is 14.5. The number of hydrogen-bond donors (Lipinski definition) is 1. The Morgan fingerprint density at radius 2 is 1.70 bits per heavy atom. The molecule has 0 spiro atoms. The number of nitrogens with one attached hydrogen (secondary N) is 1. The molecule has 2 heterocycles. The van der Waals surface area contributed by atoms with Gasteiger partial charge >= 0.3 is 0 Å². The Morgan fingerprint density at radius 1 is 0.967 bits per heavy atom. The molecule has 0 radical (unpaired) electrons. The van der Waals surface area contributed by atoms with E-state index < -0.39 is 10.8 Å². The van der Waals surface area contributed by atoms with Gasteiger partial charge in [0.05, 0.1) is 10.8 Å². The van der Waals surface area contributed by atoms with Gasteiger partial charge in [0.1, 0.15) is 5.65 Å². The normalized spacial score (nSPS) is 20.5. The minimum atomic E-state index is -0.861. The summed E-state index contributed by atoms with van der Waals surface area (Å²) in [7, 11) is -0.861. The summed E-state index contributed by atoms with van der Waals surface area (Å²) < 4.78 is 12.9. The van der Waals surface area contributed by atoms with Gasteiger partial charge in [-0.05, 0) is 61.1 Å². The van der Waals surface area contributed by atoms with Crippen molar-refractivity contribution in [1.29, 1.82) is 0 Å². The summed E-state index contributed by atoms with van der Waals surface area (Å²) in [6, 6.07) is 15.1. The monoisotopic (exact) mass is 420 g/mol. The summed E-state index contributed by atoms with van der Waals surface area (Å²) in [5.74, 6) is 1.13. The van der Waals surface area contributed by atoms with Gasteiger partial charge < -0.3 is 4.98 Å². The molecule has 3 aromatic rings. The summed E-state index contributed by atoms with van der Waals surface area (Å²) in [4.78, 5) is 9.11. The lowest BCUT2D eigenvalue weighted by Gasteiger charge is -2.26. The van der Waals surface area contributed by atoms with Crippen molar-refractivity contribution < 1.29 is 4.21 Å². The molecule has 1 aromatic carbocycles. The van der Waals surface area contributed by atoms with Crippen LogP contribution in [0.3, 0.4) is 0 Å². The van der Waals surface area contributed by atoms with Crippen molar-refractivity contribution in [2.45, 2.75) is 80.3 Å². The van der Waals surface area contributed by atoms with Gasteiger partial charge in [-0.15, -0.1) is 0 Å². The minimum Gasteiger partial charge on any atom is -0.343 e. The first kappa shape index (κ1) is 20.0. The molecule has 2 aliphatic rings. The quantitative estimate of drug-likeness (QED) is 0.481. The van der Waals surface area contributed by atoms with Crippen molar-refractivity contribution in [3.05, 3.63) is 59.9 Å². The van der Waals surface area contributed by atoms with E-state index >= 15 is 0 Å². The SMILES string of the molecule is O=S(c1ccc(C(CC2CCCCC2)c2cc3cccnc3[nH]2)cc1)C1CCCC1. The van der Waals surface area contributed by atoms with Crippen LogP contribution in [0.5, 0.6) is 0 Å². The average molecular weight is 421 g/mol. The molecule has 0 saturated heterocycles. The van der Waals surface area contributed by atoms with Gasteiger partial charge in [0, 0.05) is 33.3 Å². The second-order valence-electron chi connectivity index (χ2n) is 9.23. The molecule has 0 aliphatic heterocycles. The number of H-pyrrole nitrogens is 1. The number of aromatic nitrogens is 2. The smallest absolute Gasteiger partial charge is 0.137 e. The molecule has 2 saturated carbocycles. The largest absolute Gasteiger partial charge is 0.343 e. The number of rotatable bonds is 6. The predicted molar refractivity (Wildman–Crippen MR) is 124 cm³/mol. The lowest BCUT2D eigenvalue weighted by Crippen LogP contribution is -2.13. The standard InChI is InChI=1S/C26H32N2OS/c29-30(22-10-4-5-11-22)23-14-12-20(13-15-23)24(17-19-7-2-1-3-8-19)25-18-21-9-6-16-27-26(21)28-25/h6,9,12-16,18-19,22,24H,1-5,7-8,10-11,17H2,(H,27,28). The molecule has 2 fully saturated rings. The zero-order valence-electron chi connectivity index (χ0n) is 17.7. The number of nitrogens with zero attached hydrogens (tertiary/aromatic N) is 1. The van der Waals surface area contributed by atoms with Crippen LogP contribution in [0.1, 0.15) is 81.4 Å². The van der Waals surface area contributed by atoms with Crippen molar-refractivity contribution in [3.63, 3.8) is 0 Å². The second kappa shape index (κ2) is 9.05. The maximum Gasteiger partial charge on any atom is 0.137 e. The topological polar surface area (TPSA) is 45.8 Å². The lowest BCUT2D eigenvalue weighted by atomic mass is 9.79. The highest BCUT2D eigenvalue weighted by molar-refractivity contribution is 7.85. The molecule has 4 heteroatoms. The van der Waals surface area contributed by atoms with E-state index in [-0.39, 0.29) is 0 Å². The fraction of sp³-hybridized carbons (Fsp3) is 0.500. The maximum atomic E-state index is 12.9. The molecule has 158 valence electrons. The van der Waals surface area contributed by atoms with E-state index in [4.69, 9.17) is 0 Å². The molecule has 1 N–H and O–H groups in total. The lowest BCUT2D eigenvalue weighted by molar-refractivity contribution is 0.326. The third-order valence-electron chi connectivity index (χ3n) is 7.20. The third kappa shape index (κ3) is 4.25. The Labute approximate surface area is 182 Å². The number of pyridine rings is 1. The maximum absolute atomic E-state index is 12.9. The molecule has 2 aromatic heterocycles. The average Bonchev–Trinajstić information content (AvgIpc) is 3.48. The van der Waals surface area contributed by atoms with Gasteiger partial charge in [0.25, 0.3) is 0 Å². The number of fused-ring (bicyclic) bond motifs is 1. The zero-order valence-corrected chi connectivity index (χ0v) is 18.5. The van der Waals surface area contributed by atoms with Crippen molar-refractivity contribution in [2.75, 3.05) is 0 Å². The number of hydrogen-bond acceptors (Lipinski definition) is 2. The number of aromatic amines is 1. The van der Waals surface area contributed by atoms with E-state index in [0.29, 0.717) is 11.2 Å². The molecular weight excluding hydrogens is 388 g/mol. The minimum absolute atomic E-state index is 0.344. The van der Waals surface area contributed by atoms with Crippen LogP contribution in [0.15, 0.2) is 53.6 Å². The Kier molecular flexibility index (Phi) is 6.03. The van der Waals surface area contributed by atoms with Gasteiger partial charge in [0.15, 0.2) is 0 Å². The molecule has 3 nitrogen and oxygen atoms in total. The van der Waals surface area contributed by atoms with E-state index in [2.05, 4.69) is 46.4 Å². The Bertz CT molecular complexity index is 964. The molecule has 2 unspecified atom stereocenters. The van der Waals surface area contributed by atoms with E-state index in [1.165, 1.54) is 68.0 Å². The van der Waals surface area contributed by atoms with Gasteiger partial charge in [0.2, 0.25) is 0 Å². The molecule has 30 heavy (non-hydrogen) atoms. The van der Waals surface area contributed by atoms with Crippen LogP contribution in [0, 0.1) is 5.92 Å². The van der Waals surface area contributed by atoms with Crippen molar-refractivity contribution >= 4 is 21.8 Å². The van der Waals surface area contributed by atoms with Gasteiger partial charge in [-0.1, -0.05) is 57.1 Å². The zero-order chi connectivity index (χ0) is 20.3. The predicted octanol–water partition coefficient (Wildman–Crippen LogP) is 6.72. The molecule has 5 rings (SSSR count). The van der Waals surface area contributed by atoms with Gasteiger partial charge in [-0.2, -0.15) is 0 Å². The summed E-state index contributed by atoms with van der Waals surface area (Å²) in [5, 5.41) is 1.54. The van der Waals surface area contributed by atoms with Crippen LogP contribution in [-0.4, -0.2) is 19.4 Å². The van der Waals surface area contributed by atoms with Crippen molar-refractivity contribution in [1.82, 2.24) is 9.97 Å². The fourth-order valence-electron chi connectivity index (χ4n) is 5.49. The first-order chi connectivity index (χ1) is 14.8. The molecule has 0 bridgehead atoms. The fourth-order valence-corrected chi connectivity index (χ4v) is 7.05. The van der Waals surface area contributed by atoms with Crippen LogP contribution < -0.4 is 0 Å². The van der Waals surface area contributed by atoms with E-state index in [1.807, 2.05) is 12.3 Å². The van der Waals surface area contributed by atoms with E-state index in [9.17, 15) is 4.21 Å². The van der Waals surface area contributed by atoms with Crippen LogP contribution >= 0.6 is 0 Å². The summed E-state index contributed by atoms with van der Waals surface area (Å²) in [6.45, 7) is 0. The first-order valence-electron chi connectivity index (χ1n) is 11.7. The molecule has 2 atom stereocenters. The summed E-state index contributed by atoms with van der Waals surface area (Å²) in [5.41, 5.74) is 3.57. The van der Waals surface area contributed by atoms with E-state index in [1.54, 1.807) is 0 Å². The number of benzene rings is 1. The Balaban J connectivity index is 1.43. The van der Waals surface area contributed by atoms with Crippen molar-refractivity contribution in [3.8, 4) is 0 Å². The molecular formula is C26H32N2OS. The highest BCUT2D eigenvalue weighted by atomic mass is 32.2. The highest BCUT2D eigenvalue weighted by Gasteiger charge is 2.25. The van der Waals surface area contributed by atoms with E-state index in [0.717, 1.165) is 29.3 Å². The van der Waals surface area contributed by atoms with Gasteiger partial charge in [-0.3, -0.25) is 4.21 Å². The van der Waals surface area contributed by atoms with Crippen LogP contribution in [0.2, 0.25) is 0 Å². The second-order valence-corrected chi connectivity index (χ2v) is 11.0. The van der Waals surface area contributed by atoms with Gasteiger partial charge in [-0.25, -0.2) is 4.98 Å². The molecule has 0 amide bonds. The van der Waals surface area contributed by atoms with Crippen LogP contribution in [0.25, 0.3) is 11.0 Å². The Morgan fingerprint density at radius 3 is 2.43 bits per heavy atom. The van der Waals surface area contributed by atoms with Crippen molar-refractivity contribution in [2.24, 2.45) is 5.92 Å². The van der Waals surface area contributed by atoms with Crippen LogP contribution in [0.4, 0.5) is 0 Å². The third-order valence-corrected chi connectivity index (χ3v) is 9.02. The summed E-state index contributed by atoms with van der Waals surface area (Å²) >= 11 is 0. The Hall–Kier alpha value is -1.94.